The summed E-state index contributed by atoms with van der Waals surface area (Å²) < 4.78 is 52.8. The summed E-state index contributed by atoms with van der Waals surface area (Å²) in [6.45, 7) is 7.42. The monoisotopic (exact) mass is 618 g/mol. The molecule has 14 heteroatoms. The second-order valence-corrected chi connectivity index (χ2v) is 16.1. The van der Waals surface area contributed by atoms with Crippen molar-refractivity contribution in [3.05, 3.63) is 34.7 Å². The Balaban J connectivity index is 1.56. The summed E-state index contributed by atoms with van der Waals surface area (Å²) in [5.41, 5.74) is 0.633. The first-order valence-corrected chi connectivity index (χ1v) is 17.7. The van der Waals surface area contributed by atoms with Crippen molar-refractivity contribution >= 4 is 75.4 Å². The normalized spacial score (nSPS) is 15.9. The lowest BCUT2D eigenvalue weighted by Gasteiger charge is -2.33. The van der Waals surface area contributed by atoms with E-state index >= 15 is 0 Å². The highest BCUT2D eigenvalue weighted by Gasteiger charge is 2.35. The Morgan fingerprint density at radius 2 is 1.74 bits per heavy atom. The maximum absolute atomic E-state index is 13.8. The molecule has 0 saturated carbocycles. The van der Waals surface area contributed by atoms with Crippen LogP contribution < -0.4 is 4.90 Å². The van der Waals surface area contributed by atoms with E-state index in [1.54, 1.807) is 23.1 Å². The van der Waals surface area contributed by atoms with Crippen molar-refractivity contribution in [1.29, 1.82) is 0 Å². The Bertz CT molecular complexity index is 1510. The minimum Gasteiger partial charge on any atom is -0.302 e. The molecule has 1 saturated heterocycles. The van der Waals surface area contributed by atoms with E-state index in [0.29, 0.717) is 45.6 Å². The van der Waals surface area contributed by atoms with Crippen LogP contribution in [0, 0.1) is 5.92 Å². The number of anilines is 1. The van der Waals surface area contributed by atoms with Crippen LogP contribution in [0.15, 0.2) is 39.4 Å². The molecule has 0 aliphatic carbocycles. The van der Waals surface area contributed by atoms with Crippen molar-refractivity contribution in [3.8, 4) is 0 Å². The largest absolute Gasteiger partial charge is 0.302 e. The highest BCUT2D eigenvalue weighted by Crippen LogP contribution is 2.34. The third-order valence-electron chi connectivity index (χ3n) is 6.75. The number of amides is 1. The van der Waals surface area contributed by atoms with Gasteiger partial charge in [-0.15, -0.1) is 11.3 Å². The minimum absolute atomic E-state index is 0.0873. The van der Waals surface area contributed by atoms with E-state index in [1.165, 1.54) is 27.8 Å². The molecule has 0 bridgehead atoms. The number of thiazole rings is 1. The average Bonchev–Trinajstić information content (AvgIpc) is 3.52. The number of thiophene rings is 1. The first-order chi connectivity index (χ1) is 17.9. The number of hydrogen-bond donors (Lipinski definition) is 0. The predicted octanol–water partition coefficient (Wildman–Crippen LogP) is 4.19. The zero-order valence-electron chi connectivity index (χ0n) is 21.5. The molecule has 208 valence electrons. The summed E-state index contributed by atoms with van der Waals surface area (Å²) in [5, 5.41) is 0.520. The number of nitrogens with zero attached hydrogens (tertiary/aromatic N) is 4. The Morgan fingerprint density at radius 3 is 2.32 bits per heavy atom. The van der Waals surface area contributed by atoms with E-state index in [-0.39, 0.29) is 34.0 Å². The van der Waals surface area contributed by atoms with Crippen molar-refractivity contribution < 1.29 is 21.6 Å². The molecule has 1 aliphatic heterocycles. The van der Waals surface area contributed by atoms with Gasteiger partial charge >= 0.3 is 0 Å². The van der Waals surface area contributed by atoms with Crippen LogP contribution in [0.1, 0.15) is 26.7 Å². The minimum atomic E-state index is -3.65. The number of likely N-dealkylation sites (N-methyl/N-ethyl adjacent to an activating group) is 1. The number of carbonyl (C=O) groups excluding carboxylic acids is 1. The van der Waals surface area contributed by atoms with Gasteiger partial charge in [-0.1, -0.05) is 36.8 Å². The summed E-state index contributed by atoms with van der Waals surface area (Å²) in [5.74, 6) is -0.431. The third kappa shape index (κ3) is 6.40. The molecule has 3 aromatic rings. The van der Waals surface area contributed by atoms with Crippen LogP contribution in [0.5, 0.6) is 0 Å². The summed E-state index contributed by atoms with van der Waals surface area (Å²) in [7, 11) is -7.02. The van der Waals surface area contributed by atoms with Gasteiger partial charge in [-0.25, -0.2) is 21.8 Å². The molecular weight excluding hydrogens is 588 g/mol. The SMILES string of the molecule is CCN(CC)CCN(C(=O)C1CCN(S(=O)(=O)c2ccc(Cl)s2)CC1)c1nc2ccc(S(C)(=O)=O)cc2s1. The Morgan fingerprint density at radius 1 is 1.05 bits per heavy atom. The lowest BCUT2D eigenvalue weighted by atomic mass is 9.96. The molecule has 0 atom stereocenters. The molecule has 9 nitrogen and oxygen atoms in total. The number of aromatic nitrogens is 1. The molecule has 3 heterocycles. The van der Waals surface area contributed by atoms with Crippen molar-refractivity contribution in [3.63, 3.8) is 0 Å². The van der Waals surface area contributed by atoms with Crippen LogP contribution in [0.2, 0.25) is 4.34 Å². The van der Waals surface area contributed by atoms with Gasteiger partial charge in [0, 0.05) is 38.4 Å². The highest BCUT2D eigenvalue weighted by molar-refractivity contribution is 7.91. The molecule has 1 aliphatic rings. The average molecular weight is 619 g/mol. The van der Waals surface area contributed by atoms with Gasteiger partial charge in [-0.2, -0.15) is 4.31 Å². The molecule has 0 radical (unpaired) electrons. The molecule has 0 spiro atoms. The van der Waals surface area contributed by atoms with E-state index in [0.717, 1.165) is 30.7 Å². The number of sulfone groups is 1. The number of halogens is 1. The van der Waals surface area contributed by atoms with Crippen LogP contribution in [-0.4, -0.2) is 82.5 Å². The molecule has 1 amide bonds. The summed E-state index contributed by atoms with van der Waals surface area (Å²) in [6, 6.07) is 7.87. The molecule has 2 aromatic heterocycles. The van der Waals surface area contributed by atoms with E-state index < -0.39 is 19.9 Å². The van der Waals surface area contributed by atoms with Crippen molar-refractivity contribution in [2.75, 3.05) is 50.4 Å². The molecule has 1 aromatic carbocycles. The van der Waals surface area contributed by atoms with Gasteiger partial charge in [0.25, 0.3) is 10.0 Å². The lowest BCUT2D eigenvalue weighted by Crippen LogP contribution is -2.46. The van der Waals surface area contributed by atoms with Gasteiger partial charge < -0.3 is 4.90 Å². The van der Waals surface area contributed by atoms with Crippen molar-refractivity contribution in [2.24, 2.45) is 5.92 Å². The van der Waals surface area contributed by atoms with E-state index in [9.17, 15) is 21.6 Å². The van der Waals surface area contributed by atoms with Gasteiger partial charge in [-0.05, 0) is 56.3 Å². The van der Waals surface area contributed by atoms with E-state index in [2.05, 4.69) is 23.7 Å². The van der Waals surface area contributed by atoms with Gasteiger partial charge in [0.2, 0.25) is 5.91 Å². The summed E-state index contributed by atoms with van der Waals surface area (Å²) in [6.07, 6.45) is 1.97. The maximum atomic E-state index is 13.8. The number of fused-ring (bicyclic) bond motifs is 1. The number of hydrogen-bond acceptors (Lipinski definition) is 9. The zero-order valence-corrected chi connectivity index (χ0v) is 25.5. The second-order valence-electron chi connectivity index (χ2n) is 9.15. The van der Waals surface area contributed by atoms with Crippen LogP contribution in [0.25, 0.3) is 10.2 Å². The van der Waals surface area contributed by atoms with Crippen LogP contribution in [0.4, 0.5) is 5.13 Å². The summed E-state index contributed by atoms with van der Waals surface area (Å²) in [4.78, 5) is 22.6. The zero-order chi connectivity index (χ0) is 27.7. The number of piperidine rings is 1. The first kappa shape index (κ1) is 29.4. The maximum Gasteiger partial charge on any atom is 0.252 e. The molecule has 38 heavy (non-hydrogen) atoms. The third-order valence-corrected chi connectivity index (χ3v) is 12.5. The van der Waals surface area contributed by atoms with Crippen LogP contribution >= 0.6 is 34.3 Å². The van der Waals surface area contributed by atoms with Gasteiger partial charge in [0.15, 0.2) is 15.0 Å². The van der Waals surface area contributed by atoms with Crippen LogP contribution in [-0.2, 0) is 24.7 Å². The number of carbonyl (C=O) groups is 1. The number of sulfonamides is 1. The van der Waals surface area contributed by atoms with Crippen molar-refractivity contribution in [2.45, 2.75) is 35.8 Å². The molecular formula is C24H31ClN4O5S4. The Kier molecular flexibility index (Phi) is 9.17. The fourth-order valence-electron chi connectivity index (χ4n) is 4.45. The molecule has 0 unspecified atom stereocenters. The van der Waals surface area contributed by atoms with Gasteiger partial charge in [0.1, 0.15) is 4.21 Å². The topological polar surface area (TPSA) is 108 Å². The van der Waals surface area contributed by atoms with E-state index in [1.807, 2.05) is 0 Å². The first-order valence-electron chi connectivity index (χ1n) is 12.3. The van der Waals surface area contributed by atoms with Gasteiger partial charge in [-0.3, -0.25) is 9.69 Å². The highest BCUT2D eigenvalue weighted by atomic mass is 35.5. The Labute approximate surface area is 237 Å². The standard InChI is InChI=1S/C24H31ClN4O5S4/c1-4-27(5-2)14-15-29(24-26-19-7-6-18(37(3,31)32)16-20(19)35-24)23(30)17-10-12-28(13-11-17)38(33,34)22-9-8-21(25)36-22/h6-9,16-17H,4-5,10-15H2,1-3H3. The van der Waals surface area contributed by atoms with E-state index in [4.69, 9.17) is 11.6 Å². The number of rotatable bonds is 10. The molecule has 4 rings (SSSR count). The smallest absolute Gasteiger partial charge is 0.252 e. The quantitative estimate of drug-likeness (QED) is 0.335. The lowest BCUT2D eigenvalue weighted by molar-refractivity contribution is -0.123. The molecule has 0 N–H and O–H groups in total. The van der Waals surface area contributed by atoms with Crippen molar-refractivity contribution in [1.82, 2.24) is 14.2 Å². The molecule has 1 fully saturated rings. The predicted molar refractivity (Wildman–Crippen MR) is 154 cm³/mol. The van der Waals surface area contributed by atoms with Gasteiger partial charge in [0.05, 0.1) is 19.4 Å². The fourth-order valence-corrected chi connectivity index (χ4v) is 9.31. The fraction of sp³-hybridized carbons (Fsp3) is 0.500. The number of benzene rings is 1. The Hall–Kier alpha value is -1.61. The summed E-state index contributed by atoms with van der Waals surface area (Å²) >= 11 is 8.26. The second kappa shape index (κ2) is 11.9. The van der Waals surface area contributed by atoms with Crippen LogP contribution in [0.3, 0.4) is 0 Å².